The summed E-state index contributed by atoms with van der Waals surface area (Å²) in [7, 11) is 0. The van der Waals surface area contributed by atoms with Crippen molar-refractivity contribution in [1.29, 1.82) is 0 Å². The first-order chi connectivity index (χ1) is 6.95. The second-order valence-corrected chi connectivity index (χ2v) is 3.31. The second-order valence-electron chi connectivity index (χ2n) is 3.31. The summed E-state index contributed by atoms with van der Waals surface area (Å²) in [6, 6.07) is 0. The van der Waals surface area contributed by atoms with Gasteiger partial charge < -0.3 is 9.47 Å². The molecule has 0 bridgehead atoms. The molecule has 0 spiro atoms. The summed E-state index contributed by atoms with van der Waals surface area (Å²) in [5.74, 6) is 0. The van der Waals surface area contributed by atoms with E-state index in [1.54, 1.807) is 0 Å². The lowest BCUT2D eigenvalue weighted by Crippen LogP contribution is -2.35. The van der Waals surface area contributed by atoms with Crippen LogP contribution in [0, 0.1) is 0 Å². The van der Waals surface area contributed by atoms with E-state index < -0.39 is 0 Å². The molecule has 80 valence electrons. The Morgan fingerprint density at radius 2 is 1.00 bits per heavy atom. The zero-order chi connectivity index (χ0) is 9.64. The molecule has 2 fully saturated rings. The van der Waals surface area contributed by atoms with Crippen LogP contribution in [0.1, 0.15) is 0 Å². The van der Waals surface area contributed by atoms with Gasteiger partial charge in [0.05, 0.1) is 52.6 Å². The minimum Gasteiger partial charge on any atom is -0.378 e. The van der Waals surface area contributed by atoms with Crippen molar-refractivity contribution in [2.45, 2.75) is 0 Å². The highest BCUT2D eigenvalue weighted by Crippen LogP contribution is 2.01. The van der Waals surface area contributed by atoms with Crippen molar-refractivity contribution < 1.29 is 9.47 Å². The number of hydrogen-bond donors (Lipinski definition) is 0. The maximum atomic E-state index is 5.21. The number of ether oxygens (including phenoxy) is 2. The van der Waals surface area contributed by atoms with Gasteiger partial charge in [-0.1, -0.05) is 10.4 Å². The Balaban J connectivity index is 1.73. The van der Waals surface area contributed by atoms with Gasteiger partial charge in [-0.05, 0) is 0 Å². The molecule has 0 aliphatic carbocycles. The Morgan fingerprint density at radius 3 is 1.36 bits per heavy atom. The Hall–Kier alpha value is -0.880. The highest BCUT2D eigenvalue weighted by Gasteiger charge is 2.10. The third-order valence-electron chi connectivity index (χ3n) is 2.27. The molecule has 0 amide bonds. The van der Waals surface area contributed by atoms with E-state index in [0.717, 1.165) is 52.6 Å². The van der Waals surface area contributed by atoms with Crippen LogP contribution in [0.25, 0.3) is 0 Å². The van der Waals surface area contributed by atoms with E-state index in [2.05, 4.69) is 10.4 Å². The zero-order valence-corrected chi connectivity index (χ0v) is 8.26. The standard InChI is InChI=1S/C8H16N4O2/c1-5-13-6-2-11(1)9-10-12-3-7-14-8-4-12/h1-8H2/b10-9+. The summed E-state index contributed by atoms with van der Waals surface area (Å²) >= 11 is 0. The predicted molar refractivity (Wildman–Crippen MR) is 49.6 cm³/mol. The molecule has 2 heterocycles. The lowest BCUT2D eigenvalue weighted by Gasteiger charge is -2.25. The van der Waals surface area contributed by atoms with Gasteiger partial charge in [-0.3, -0.25) is 10.0 Å². The first-order valence-corrected chi connectivity index (χ1v) is 5.02. The SMILES string of the molecule is C1CN(/N=N/N2CCOCC2)CCO1. The lowest BCUT2D eigenvalue weighted by atomic mass is 10.5. The van der Waals surface area contributed by atoms with E-state index in [-0.39, 0.29) is 0 Å². The van der Waals surface area contributed by atoms with Crippen LogP contribution in [-0.4, -0.2) is 62.6 Å². The molecule has 6 heteroatoms. The second kappa shape index (κ2) is 5.11. The summed E-state index contributed by atoms with van der Waals surface area (Å²) in [6.45, 7) is 6.37. The minimum absolute atomic E-state index is 0.752. The van der Waals surface area contributed by atoms with Crippen LogP contribution in [0.3, 0.4) is 0 Å². The van der Waals surface area contributed by atoms with E-state index in [1.165, 1.54) is 0 Å². The van der Waals surface area contributed by atoms with Crippen LogP contribution in [0.4, 0.5) is 0 Å². The zero-order valence-electron chi connectivity index (χ0n) is 8.26. The molecular weight excluding hydrogens is 184 g/mol. The van der Waals surface area contributed by atoms with Crippen molar-refractivity contribution in [2.24, 2.45) is 10.4 Å². The molecule has 0 aromatic heterocycles. The molecule has 0 N–H and O–H groups in total. The van der Waals surface area contributed by atoms with E-state index in [4.69, 9.17) is 9.47 Å². The maximum absolute atomic E-state index is 5.21. The largest absolute Gasteiger partial charge is 0.378 e. The van der Waals surface area contributed by atoms with Crippen molar-refractivity contribution in [3.63, 3.8) is 0 Å². The lowest BCUT2D eigenvalue weighted by molar-refractivity contribution is 0.0114. The molecule has 0 aromatic rings. The monoisotopic (exact) mass is 200 g/mol. The van der Waals surface area contributed by atoms with Crippen molar-refractivity contribution in [2.75, 3.05) is 52.6 Å². The molecule has 0 radical (unpaired) electrons. The van der Waals surface area contributed by atoms with Crippen molar-refractivity contribution >= 4 is 0 Å². The Bertz CT molecular complexity index is 168. The van der Waals surface area contributed by atoms with E-state index >= 15 is 0 Å². The first kappa shape index (κ1) is 9.67. The molecule has 0 unspecified atom stereocenters. The quantitative estimate of drug-likeness (QED) is 0.586. The van der Waals surface area contributed by atoms with Gasteiger partial charge in [0.25, 0.3) is 0 Å². The van der Waals surface area contributed by atoms with Crippen LogP contribution in [0.2, 0.25) is 0 Å². The average Bonchev–Trinajstić information content (AvgIpc) is 2.29. The summed E-state index contributed by atoms with van der Waals surface area (Å²) in [6.07, 6.45) is 0. The van der Waals surface area contributed by atoms with Crippen molar-refractivity contribution in [3.05, 3.63) is 0 Å². The Labute approximate surface area is 83.4 Å². The fourth-order valence-electron chi connectivity index (χ4n) is 1.40. The smallest absolute Gasteiger partial charge is 0.0660 e. The Morgan fingerprint density at radius 1 is 0.643 bits per heavy atom. The molecule has 2 aliphatic heterocycles. The summed E-state index contributed by atoms with van der Waals surface area (Å²) in [5.41, 5.74) is 0. The third-order valence-corrected chi connectivity index (χ3v) is 2.27. The molecule has 14 heavy (non-hydrogen) atoms. The third kappa shape index (κ3) is 2.81. The van der Waals surface area contributed by atoms with E-state index in [9.17, 15) is 0 Å². The van der Waals surface area contributed by atoms with Gasteiger partial charge in [0.2, 0.25) is 0 Å². The van der Waals surface area contributed by atoms with Gasteiger partial charge >= 0.3 is 0 Å². The normalized spacial score (nSPS) is 24.6. The van der Waals surface area contributed by atoms with Crippen LogP contribution in [-0.2, 0) is 9.47 Å². The molecular formula is C8H16N4O2. The molecule has 0 saturated carbocycles. The number of hydrogen-bond acceptors (Lipinski definition) is 4. The topological polar surface area (TPSA) is 49.7 Å². The molecule has 0 atom stereocenters. The van der Waals surface area contributed by atoms with Crippen molar-refractivity contribution in [1.82, 2.24) is 10.0 Å². The molecule has 2 saturated heterocycles. The van der Waals surface area contributed by atoms with Crippen LogP contribution >= 0.6 is 0 Å². The van der Waals surface area contributed by atoms with Gasteiger partial charge in [-0.2, -0.15) is 0 Å². The molecule has 6 nitrogen and oxygen atoms in total. The summed E-state index contributed by atoms with van der Waals surface area (Å²) < 4.78 is 10.4. The van der Waals surface area contributed by atoms with Gasteiger partial charge in [0.15, 0.2) is 0 Å². The van der Waals surface area contributed by atoms with E-state index in [1.807, 2.05) is 10.0 Å². The highest BCUT2D eigenvalue weighted by molar-refractivity contribution is 4.57. The molecule has 2 rings (SSSR count). The average molecular weight is 200 g/mol. The predicted octanol–water partition coefficient (Wildman–Crippen LogP) is -0.0670. The first-order valence-electron chi connectivity index (χ1n) is 5.02. The molecule has 0 aromatic carbocycles. The van der Waals surface area contributed by atoms with Gasteiger partial charge in [-0.25, -0.2) is 0 Å². The molecule has 2 aliphatic rings. The van der Waals surface area contributed by atoms with Gasteiger partial charge in [0, 0.05) is 0 Å². The number of morpholine rings is 2. The maximum Gasteiger partial charge on any atom is 0.0660 e. The minimum atomic E-state index is 0.752. The summed E-state index contributed by atoms with van der Waals surface area (Å²) in [5, 5.41) is 12.2. The van der Waals surface area contributed by atoms with Gasteiger partial charge in [0.1, 0.15) is 0 Å². The van der Waals surface area contributed by atoms with E-state index in [0.29, 0.717) is 0 Å². The van der Waals surface area contributed by atoms with Gasteiger partial charge in [-0.15, -0.1) is 0 Å². The fraction of sp³-hybridized carbons (Fsp3) is 1.00. The number of nitrogens with zero attached hydrogens (tertiary/aromatic N) is 4. The summed E-state index contributed by atoms with van der Waals surface area (Å²) in [4.78, 5) is 0. The fourth-order valence-corrected chi connectivity index (χ4v) is 1.40. The van der Waals surface area contributed by atoms with Crippen LogP contribution < -0.4 is 0 Å². The van der Waals surface area contributed by atoms with Crippen molar-refractivity contribution in [3.8, 4) is 0 Å². The van der Waals surface area contributed by atoms with Crippen LogP contribution in [0.5, 0.6) is 0 Å². The number of rotatable bonds is 2. The van der Waals surface area contributed by atoms with Crippen LogP contribution in [0.15, 0.2) is 10.4 Å². The Kier molecular flexibility index (Phi) is 3.53. The highest BCUT2D eigenvalue weighted by atomic mass is 16.5.